The lowest BCUT2D eigenvalue weighted by Gasteiger charge is -2.16. The van der Waals surface area contributed by atoms with Crippen molar-refractivity contribution >= 4 is 11.0 Å². The minimum Gasteiger partial charge on any atom is -0.292 e. The van der Waals surface area contributed by atoms with Crippen molar-refractivity contribution in [3.8, 4) is 0 Å². The molecule has 0 radical (unpaired) electrons. The third-order valence-corrected chi connectivity index (χ3v) is 4.02. The van der Waals surface area contributed by atoms with Gasteiger partial charge in [0.05, 0.1) is 17.7 Å². The Morgan fingerprint density at radius 1 is 1.20 bits per heavy atom. The van der Waals surface area contributed by atoms with Crippen molar-refractivity contribution in [1.82, 2.24) is 14.0 Å². The molecule has 3 rings (SSSR count). The fourth-order valence-electron chi connectivity index (χ4n) is 2.89. The van der Waals surface area contributed by atoms with Gasteiger partial charge in [0, 0.05) is 13.1 Å². The van der Waals surface area contributed by atoms with Crippen molar-refractivity contribution < 1.29 is 0 Å². The Kier molecular flexibility index (Phi) is 3.66. The van der Waals surface area contributed by atoms with Crippen molar-refractivity contribution in [2.45, 2.75) is 39.4 Å². The summed E-state index contributed by atoms with van der Waals surface area (Å²) < 4.78 is 3.81. The molecule has 0 saturated heterocycles. The lowest BCUT2D eigenvalue weighted by atomic mass is 10.3. The minimum atomic E-state index is 0.121. The normalized spacial score (nSPS) is 15.3. The van der Waals surface area contributed by atoms with E-state index in [0.29, 0.717) is 6.67 Å². The van der Waals surface area contributed by atoms with Crippen LogP contribution >= 0.6 is 0 Å². The first-order valence-electron chi connectivity index (χ1n) is 7.57. The van der Waals surface area contributed by atoms with Crippen LogP contribution in [0.2, 0.25) is 0 Å². The average molecular weight is 273 g/mol. The second-order valence-electron chi connectivity index (χ2n) is 5.97. The zero-order valence-electron chi connectivity index (χ0n) is 12.4. The number of fused-ring (bicyclic) bond motifs is 1. The van der Waals surface area contributed by atoms with E-state index in [1.807, 2.05) is 33.4 Å². The molecule has 1 fully saturated rings. The summed E-state index contributed by atoms with van der Waals surface area (Å²) in [6.07, 6.45) is 3.67. The predicted octanol–water partition coefficient (Wildman–Crippen LogP) is 2.51. The number of hydrogen-bond donors (Lipinski definition) is 0. The molecule has 1 aromatic carbocycles. The number of hydrogen-bond acceptors (Lipinski definition) is 2. The number of aryl methyl sites for hydroxylation is 1. The van der Waals surface area contributed by atoms with Crippen LogP contribution in [0.3, 0.4) is 0 Å². The molecule has 1 aliphatic carbocycles. The highest BCUT2D eigenvalue weighted by Gasteiger charge is 2.23. The van der Waals surface area contributed by atoms with E-state index in [1.165, 1.54) is 12.8 Å². The van der Waals surface area contributed by atoms with Gasteiger partial charge in [-0.25, -0.2) is 4.79 Å². The molecule has 0 amide bonds. The van der Waals surface area contributed by atoms with Crippen molar-refractivity contribution in [2.75, 3.05) is 13.6 Å². The van der Waals surface area contributed by atoms with Crippen LogP contribution in [0.25, 0.3) is 11.0 Å². The summed E-state index contributed by atoms with van der Waals surface area (Å²) in [5.41, 5.74) is 2.23. The molecule has 108 valence electrons. The molecule has 1 saturated carbocycles. The first kappa shape index (κ1) is 13.4. The van der Waals surface area contributed by atoms with Crippen LogP contribution in [-0.4, -0.2) is 27.6 Å². The molecule has 1 heterocycles. The topological polar surface area (TPSA) is 30.2 Å². The number of nitrogens with zero attached hydrogens (tertiary/aromatic N) is 3. The summed E-state index contributed by atoms with van der Waals surface area (Å²) in [6, 6.07) is 8.11. The Hall–Kier alpha value is -1.55. The Labute approximate surface area is 119 Å². The second-order valence-corrected chi connectivity index (χ2v) is 5.97. The van der Waals surface area contributed by atoms with Crippen LogP contribution in [0, 0.1) is 5.92 Å². The van der Waals surface area contributed by atoms with Crippen LogP contribution in [-0.2, 0) is 13.2 Å². The first-order valence-corrected chi connectivity index (χ1v) is 7.57. The van der Waals surface area contributed by atoms with Crippen molar-refractivity contribution in [3.63, 3.8) is 0 Å². The van der Waals surface area contributed by atoms with E-state index >= 15 is 0 Å². The summed E-state index contributed by atoms with van der Waals surface area (Å²) in [6.45, 7) is 4.68. The molecule has 0 unspecified atom stereocenters. The maximum atomic E-state index is 12.6. The van der Waals surface area contributed by atoms with Gasteiger partial charge in [0.1, 0.15) is 0 Å². The fraction of sp³-hybridized carbons (Fsp3) is 0.562. The fourth-order valence-corrected chi connectivity index (χ4v) is 2.89. The van der Waals surface area contributed by atoms with E-state index in [-0.39, 0.29) is 5.69 Å². The molecule has 0 spiro atoms. The highest BCUT2D eigenvalue weighted by atomic mass is 16.1. The number of rotatable bonds is 6. The van der Waals surface area contributed by atoms with Crippen LogP contribution < -0.4 is 5.69 Å². The standard InChI is InChI=1S/C16H23N3O/c1-3-10-18-14-6-4-5-7-15(14)19(16(18)20)12-17(2)11-13-8-9-13/h4-7,13H,3,8-12H2,1-2H3. The van der Waals surface area contributed by atoms with Crippen molar-refractivity contribution in [2.24, 2.45) is 5.92 Å². The van der Waals surface area contributed by atoms with Gasteiger partial charge in [-0.2, -0.15) is 0 Å². The number of imidazole rings is 1. The maximum absolute atomic E-state index is 12.6. The van der Waals surface area contributed by atoms with Gasteiger partial charge in [-0.15, -0.1) is 0 Å². The quantitative estimate of drug-likeness (QED) is 0.809. The molecule has 1 aromatic heterocycles. The van der Waals surface area contributed by atoms with E-state index < -0.39 is 0 Å². The third-order valence-electron chi connectivity index (χ3n) is 4.02. The lowest BCUT2D eigenvalue weighted by molar-refractivity contribution is 0.257. The molecule has 0 N–H and O–H groups in total. The van der Waals surface area contributed by atoms with E-state index in [1.54, 1.807) is 0 Å². The van der Waals surface area contributed by atoms with Crippen LogP contribution in [0.1, 0.15) is 26.2 Å². The van der Waals surface area contributed by atoms with Gasteiger partial charge in [0.25, 0.3) is 0 Å². The minimum absolute atomic E-state index is 0.121. The Bertz CT molecular complexity index is 651. The van der Waals surface area contributed by atoms with Gasteiger partial charge in [-0.1, -0.05) is 19.1 Å². The molecule has 4 nitrogen and oxygen atoms in total. The molecule has 0 atom stereocenters. The monoisotopic (exact) mass is 273 g/mol. The number of para-hydroxylation sites is 2. The van der Waals surface area contributed by atoms with E-state index in [9.17, 15) is 4.79 Å². The third kappa shape index (κ3) is 2.52. The van der Waals surface area contributed by atoms with E-state index in [2.05, 4.69) is 18.9 Å². The first-order chi connectivity index (χ1) is 9.70. The zero-order valence-corrected chi connectivity index (χ0v) is 12.4. The Morgan fingerprint density at radius 3 is 2.45 bits per heavy atom. The van der Waals surface area contributed by atoms with Crippen LogP contribution in [0.15, 0.2) is 29.1 Å². The molecule has 4 heteroatoms. The molecule has 0 bridgehead atoms. The summed E-state index contributed by atoms with van der Waals surface area (Å²) in [4.78, 5) is 14.9. The molecule has 2 aromatic rings. The maximum Gasteiger partial charge on any atom is 0.330 e. The Balaban J connectivity index is 1.96. The van der Waals surface area contributed by atoms with Gasteiger partial charge in [0.2, 0.25) is 0 Å². The smallest absolute Gasteiger partial charge is 0.292 e. The summed E-state index contributed by atoms with van der Waals surface area (Å²) in [7, 11) is 2.11. The van der Waals surface area contributed by atoms with Gasteiger partial charge in [-0.05, 0) is 44.4 Å². The van der Waals surface area contributed by atoms with Gasteiger partial charge in [-0.3, -0.25) is 14.0 Å². The zero-order chi connectivity index (χ0) is 14.1. The summed E-state index contributed by atoms with van der Waals surface area (Å²) in [5.74, 6) is 0.847. The van der Waals surface area contributed by atoms with E-state index in [0.717, 1.165) is 36.5 Å². The molecular formula is C16H23N3O. The van der Waals surface area contributed by atoms with Gasteiger partial charge in [0.15, 0.2) is 0 Å². The van der Waals surface area contributed by atoms with Gasteiger partial charge >= 0.3 is 5.69 Å². The largest absolute Gasteiger partial charge is 0.330 e. The summed E-state index contributed by atoms with van der Waals surface area (Å²) in [5, 5.41) is 0. The second kappa shape index (κ2) is 5.44. The Morgan fingerprint density at radius 2 is 1.85 bits per heavy atom. The number of benzene rings is 1. The van der Waals surface area contributed by atoms with Crippen molar-refractivity contribution in [3.05, 3.63) is 34.7 Å². The molecule has 1 aliphatic rings. The molecular weight excluding hydrogens is 250 g/mol. The van der Waals surface area contributed by atoms with Crippen LogP contribution in [0.4, 0.5) is 0 Å². The van der Waals surface area contributed by atoms with Crippen molar-refractivity contribution in [1.29, 1.82) is 0 Å². The van der Waals surface area contributed by atoms with Crippen LogP contribution in [0.5, 0.6) is 0 Å². The average Bonchev–Trinajstić information content (AvgIpc) is 3.21. The highest BCUT2D eigenvalue weighted by Crippen LogP contribution is 2.29. The number of aromatic nitrogens is 2. The molecule has 0 aliphatic heterocycles. The SMILES string of the molecule is CCCn1c(=O)n(CN(C)CC2CC2)c2ccccc21. The van der Waals surface area contributed by atoms with E-state index in [4.69, 9.17) is 0 Å². The predicted molar refractivity (Wildman–Crippen MR) is 81.8 cm³/mol. The summed E-state index contributed by atoms with van der Waals surface area (Å²) >= 11 is 0. The highest BCUT2D eigenvalue weighted by molar-refractivity contribution is 5.75. The van der Waals surface area contributed by atoms with Gasteiger partial charge < -0.3 is 0 Å². The molecule has 20 heavy (non-hydrogen) atoms. The lowest BCUT2D eigenvalue weighted by Crippen LogP contribution is -2.32.